The number of nitrogens with two attached hydrogens (primary N) is 1. The SMILES string of the molecule is CC(C=O)=CCC/C(C)=C\C(=O)NN. The summed E-state index contributed by atoms with van der Waals surface area (Å²) in [5.74, 6) is 4.61. The van der Waals surface area contributed by atoms with Crippen LogP contribution in [-0.2, 0) is 9.59 Å². The van der Waals surface area contributed by atoms with Gasteiger partial charge in [-0.05, 0) is 32.3 Å². The van der Waals surface area contributed by atoms with E-state index in [2.05, 4.69) is 0 Å². The van der Waals surface area contributed by atoms with Crippen molar-refractivity contribution in [2.75, 3.05) is 0 Å². The highest BCUT2D eigenvalue weighted by Crippen LogP contribution is 2.05. The van der Waals surface area contributed by atoms with Crippen LogP contribution in [0.2, 0.25) is 0 Å². The van der Waals surface area contributed by atoms with E-state index in [1.165, 1.54) is 6.08 Å². The average Bonchev–Trinajstić information content (AvgIpc) is 2.17. The molecule has 4 nitrogen and oxygen atoms in total. The van der Waals surface area contributed by atoms with Crippen LogP contribution in [0.1, 0.15) is 26.7 Å². The Bertz CT molecular complexity index is 267. The van der Waals surface area contributed by atoms with Crippen molar-refractivity contribution in [2.45, 2.75) is 26.7 Å². The monoisotopic (exact) mass is 196 g/mol. The van der Waals surface area contributed by atoms with E-state index in [1.807, 2.05) is 18.4 Å². The normalized spacial score (nSPS) is 12.5. The largest absolute Gasteiger partial charge is 0.298 e. The van der Waals surface area contributed by atoms with Crippen LogP contribution >= 0.6 is 0 Å². The second-order valence-electron chi connectivity index (χ2n) is 3.10. The van der Waals surface area contributed by atoms with E-state index in [-0.39, 0.29) is 5.91 Å². The summed E-state index contributed by atoms with van der Waals surface area (Å²) in [6.45, 7) is 3.60. The molecule has 0 aliphatic heterocycles. The molecule has 0 fully saturated rings. The molecule has 0 unspecified atom stereocenters. The highest BCUT2D eigenvalue weighted by Gasteiger charge is 1.94. The Labute approximate surface area is 83.8 Å². The molecule has 0 heterocycles. The van der Waals surface area contributed by atoms with E-state index in [0.717, 1.165) is 24.7 Å². The zero-order valence-electron chi connectivity index (χ0n) is 8.54. The number of hydrogen-bond donors (Lipinski definition) is 2. The lowest BCUT2D eigenvalue weighted by atomic mass is 10.1. The Hall–Kier alpha value is -1.42. The molecular formula is C10H16N2O2. The fourth-order valence-corrected chi connectivity index (χ4v) is 0.913. The molecule has 1 amide bonds. The summed E-state index contributed by atoms with van der Waals surface area (Å²) in [5, 5.41) is 0. The first-order chi connectivity index (χ1) is 6.60. The van der Waals surface area contributed by atoms with Gasteiger partial charge in [-0.1, -0.05) is 11.6 Å². The van der Waals surface area contributed by atoms with E-state index in [4.69, 9.17) is 5.84 Å². The Morgan fingerprint density at radius 1 is 1.43 bits per heavy atom. The highest BCUT2D eigenvalue weighted by molar-refractivity contribution is 5.87. The molecule has 3 N–H and O–H groups in total. The van der Waals surface area contributed by atoms with Crippen molar-refractivity contribution >= 4 is 12.2 Å². The van der Waals surface area contributed by atoms with Gasteiger partial charge in [0, 0.05) is 6.08 Å². The second-order valence-corrected chi connectivity index (χ2v) is 3.10. The molecule has 0 aromatic carbocycles. The van der Waals surface area contributed by atoms with Gasteiger partial charge in [-0.3, -0.25) is 15.0 Å². The first kappa shape index (κ1) is 12.6. The maximum atomic E-state index is 10.8. The third-order valence-electron chi connectivity index (χ3n) is 1.71. The van der Waals surface area contributed by atoms with E-state index in [9.17, 15) is 9.59 Å². The minimum absolute atomic E-state index is 0.307. The lowest BCUT2D eigenvalue weighted by Gasteiger charge is -1.97. The minimum atomic E-state index is -0.307. The van der Waals surface area contributed by atoms with Gasteiger partial charge < -0.3 is 0 Å². The molecule has 0 aliphatic carbocycles. The molecule has 0 aromatic heterocycles. The Kier molecular flexibility index (Phi) is 6.32. The van der Waals surface area contributed by atoms with Crippen LogP contribution in [-0.4, -0.2) is 12.2 Å². The van der Waals surface area contributed by atoms with Crippen LogP contribution in [0.15, 0.2) is 23.3 Å². The van der Waals surface area contributed by atoms with Gasteiger partial charge >= 0.3 is 0 Å². The average molecular weight is 196 g/mol. The smallest absolute Gasteiger partial charge is 0.257 e. The van der Waals surface area contributed by atoms with Gasteiger partial charge in [0.25, 0.3) is 5.91 Å². The van der Waals surface area contributed by atoms with Gasteiger partial charge in [-0.2, -0.15) is 0 Å². The number of allylic oxidation sites excluding steroid dienone is 3. The Balaban J connectivity index is 3.96. The first-order valence-corrected chi connectivity index (χ1v) is 4.40. The number of hydrogen-bond acceptors (Lipinski definition) is 3. The molecule has 0 radical (unpaired) electrons. The number of hydrazine groups is 1. The summed E-state index contributed by atoms with van der Waals surface area (Å²) in [6.07, 6.45) is 5.60. The molecule has 0 saturated heterocycles. The molecule has 78 valence electrons. The predicted octanol–water partition coefficient (Wildman–Crippen LogP) is 0.848. The first-order valence-electron chi connectivity index (χ1n) is 4.40. The Morgan fingerprint density at radius 2 is 2.07 bits per heavy atom. The fourth-order valence-electron chi connectivity index (χ4n) is 0.913. The van der Waals surface area contributed by atoms with Gasteiger partial charge in [-0.25, -0.2) is 5.84 Å². The molecule has 0 atom stereocenters. The number of amides is 1. The number of carbonyl (C=O) groups is 2. The molecular weight excluding hydrogens is 180 g/mol. The number of rotatable bonds is 5. The van der Waals surface area contributed by atoms with Crippen molar-refractivity contribution in [3.05, 3.63) is 23.3 Å². The van der Waals surface area contributed by atoms with E-state index >= 15 is 0 Å². The quantitative estimate of drug-likeness (QED) is 0.225. The highest BCUT2D eigenvalue weighted by atomic mass is 16.2. The standard InChI is InChI=1S/C10H16N2O2/c1-8(6-10(14)12-11)4-3-5-9(2)7-13/h5-7H,3-4,11H2,1-2H3,(H,12,14)/b8-6-,9-5?. The summed E-state index contributed by atoms with van der Waals surface area (Å²) in [5.41, 5.74) is 3.66. The zero-order valence-corrected chi connectivity index (χ0v) is 8.54. The van der Waals surface area contributed by atoms with Crippen molar-refractivity contribution < 1.29 is 9.59 Å². The molecule has 0 spiro atoms. The lowest BCUT2D eigenvalue weighted by Crippen LogP contribution is -2.28. The van der Waals surface area contributed by atoms with Gasteiger partial charge in [0.15, 0.2) is 0 Å². The van der Waals surface area contributed by atoms with Crippen LogP contribution in [0.4, 0.5) is 0 Å². The molecule has 0 saturated carbocycles. The van der Waals surface area contributed by atoms with Crippen molar-refractivity contribution in [2.24, 2.45) is 5.84 Å². The van der Waals surface area contributed by atoms with E-state index < -0.39 is 0 Å². The third kappa shape index (κ3) is 6.14. The predicted molar refractivity (Wildman–Crippen MR) is 55.1 cm³/mol. The molecule has 4 heteroatoms. The van der Waals surface area contributed by atoms with Crippen molar-refractivity contribution in [3.63, 3.8) is 0 Å². The third-order valence-corrected chi connectivity index (χ3v) is 1.71. The van der Waals surface area contributed by atoms with Gasteiger partial charge in [0.05, 0.1) is 0 Å². The van der Waals surface area contributed by atoms with Crippen molar-refractivity contribution in [3.8, 4) is 0 Å². The van der Waals surface area contributed by atoms with E-state index in [1.54, 1.807) is 6.92 Å². The van der Waals surface area contributed by atoms with Crippen LogP contribution in [0.3, 0.4) is 0 Å². The second kappa shape index (κ2) is 7.03. The summed E-state index contributed by atoms with van der Waals surface area (Å²) >= 11 is 0. The molecule has 0 aliphatic rings. The van der Waals surface area contributed by atoms with Crippen molar-refractivity contribution in [1.82, 2.24) is 5.43 Å². The fraction of sp³-hybridized carbons (Fsp3) is 0.400. The summed E-state index contributed by atoms with van der Waals surface area (Å²) in [4.78, 5) is 21.0. The van der Waals surface area contributed by atoms with Gasteiger partial charge in [0.1, 0.15) is 6.29 Å². The van der Waals surface area contributed by atoms with Crippen molar-refractivity contribution in [1.29, 1.82) is 0 Å². The summed E-state index contributed by atoms with van der Waals surface area (Å²) < 4.78 is 0. The van der Waals surface area contributed by atoms with Crippen LogP contribution < -0.4 is 11.3 Å². The van der Waals surface area contributed by atoms with Gasteiger partial charge in [0.2, 0.25) is 0 Å². The lowest BCUT2D eigenvalue weighted by molar-refractivity contribution is -0.116. The molecule has 0 aromatic rings. The molecule has 0 bridgehead atoms. The number of carbonyl (C=O) groups excluding carboxylic acids is 2. The summed E-state index contributed by atoms with van der Waals surface area (Å²) in [6, 6.07) is 0. The van der Waals surface area contributed by atoms with E-state index in [0.29, 0.717) is 5.57 Å². The number of aldehydes is 1. The van der Waals surface area contributed by atoms with Crippen LogP contribution in [0.25, 0.3) is 0 Å². The minimum Gasteiger partial charge on any atom is -0.298 e. The maximum absolute atomic E-state index is 10.8. The molecule has 0 rings (SSSR count). The number of nitrogens with one attached hydrogen (secondary N) is 1. The van der Waals surface area contributed by atoms with Gasteiger partial charge in [-0.15, -0.1) is 0 Å². The topological polar surface area (TPSA) is 72.2 Å². The molecule has 14 heavy (non-hydrogen) atoms. The summed E-state index contributed by atoms with van der Waals surface area (Å²) in [7, 11) is 0. The maximum Gasteiger partial charge on any atom is 0.257 e. The van der Waals surface area contributed by atoms with Crippen LogP contribution in [0, 0.1) is 0 Å². The van der Waals surface area contributed by atoms with Crippen LogP contribution in [0.5, 0.6) is 0 Å². The Morgan fingerprint density at radius 3 is 2.57 bits per heavy atom. The zero-order chi connectivity index (χ0) is 11.0.